The smallest absolute Gasteiger partial charge is 0.327 e. The fourth-order valence-electron chi connectivity index (χ4n) is 2.22. The van der Waals surface area contributed by atoms with Crippen LogP contribution in [0.5, 0.6) is 0 Å². The third-order valence-electron chi connectivity index (χ3n) is 3.63. The van der Waals surface area contributed by atoms with Crippen molar-refractivity contribution in [3.63, 3.8) is 0 Å². The summed E-state index contributed by atoms with van der Waals surface area (Å²) in [6, 6.07) is 4.84. The van der Waals surface area contributed by atoms with E-state index in [1.165, 1.54) is 7.11 Å². The lowest BCUT2D eigenvalue weighted by atomic mass is 10.1. The number of halogens is 2. The van der Waals surface area contributed by atoms with Gasteiger partial charge in [0.2, 0.25) is 0 Å². The van der Waals surface area contributed by atoms with Crippen molar-refractivity contribution in [2.45, 2.75) is 25.1 Å². The molecule has 1 aromatic carbocycles. The first-order valence-corrected chi connectivity index (χ1v) is 7.20. The summed E-state index contributed by atoms with van der Waals surface area (Å²) >= 11 is 3.27. The Labute approximate surface area is 127 Å². The molecule has 1 saturated carbocycles. The molecule has 1 aliphatic rings. The third-order valence-corrected chi connectivity index (χ3v) is 4.21. The predicted octanol–water partition coefficient (Wildman–Crippen LogP) is 2.29. The summed E-state index contributed by atoms with van der Waals surface area (Å²) < 4.78 is 20.1. The zero-order chi connectivity index (χ0) is 15.2. The van der Waals surface area contributed by atoms with Gasteiger partial charge in [0.15, 0.2) is 0 Å². The van der Waals surface area contributed by atoms with Crippen LogP contribution < -0.4 is 5.56 Å². The Morgan fingerprint density at radius 1 is 1.48 bits per heavy atom. The number of aromatic nitrogens is 2. The molecular weight excluding hydrogens is 343 g/mol. The van der Waals surface area contributed by atoms with Gasteiger partial charge in [-0.15, -0.1) is 0 Å². The summed E-state index contributed by atoms with van der Waals surface area (Å²) in [6.45, 7) is -0.265. The molecule has 1 aromatic heterocycles. The summed E-state index contributed by atoms with van der Waals surface area (Å²) in [5, 5.41) is 4.96. The van der Waals surface area contributed by atoms with Crippen molar-refractivity contribution in [2.75, 3.05) is 7.11 Å². The van der Waals surface area contributed by atoms with E-state index >= 15 is 0 Å². The van der Waals surface area contributed by atoms with Gasteiger partial charge in [0.1, 0.15) is 16.8 Å². The maximum atomic E-state index is 14.1. The first-order chi connectivity index (χ1) is 9.94. The van der Waals surface area contributed by atoms with Crippen LogP contribution in [-0.4, -0.2) is 22.9 Å². The van der Waals surface area contributed by atoms with E-state index in [0.29, 0.717) is 33.8 Å². The first kappa shape index (κ1) is 14.2. The highest BCUT2D eigenvalue weighted by Gasteiger charge is 2.45. The molecule has 0 aliphatic heterocycles. The fraction of sp³-hybridized carbons (Fsp3) is 0.357. The molecule has 0 saturated heterocycles. The number of rotatable bonds is 3. The number of benzene rings is 1. The molecule has 0 atom stereocenters. The van der Waals surface area contributed by atoms with Gasteiger partial charge < -0.3 is 4.74 Å². The van der Waals surface area contributed by atoms with Gasteiger partial charge >= 0.3 is 5.97 Å². The van der Waals surface area contributed by atoms with E-state index in [4.69, 9.17) is 0 Å². The lowest BCUT2D eigenvalue weighted by molar-refractivity contribution is -0.141. The van der Waals surface area contributed by atoms with Crippen LogP contribution >= 0.6 is 15.9 Å². The standard InChI is InChI=1S/C14H12BrFN2O3/c1-21-11(19)7-18-13(20)9-3-2-8(14(16)4-5-14)6-10(9)12(15)17-18/h2-3,6H,4-5,7H2,1H3. The van der Waals surface area contributed by atoms with Crippen LogP contribution in [0.2, 0.25) is 0 Å². The van der Waals surface area contributed by atoms with Crippen LogP contribution in [0, 0.1) is 0 Å². The maximum Gasteiger partial charge on any atom is 0.327 e. The van der Waals surface area contributed by atoms with Gasteiger partial charge in [-0.05, 0) is 46.5 Å². The van der Waals surface area contributed by atoms with Crippen LogP contribution in [0.25, 0.3) is 10.8 Å². The van der Waals surface area contributed by atoms with E-state index in [0.717, 1.165) is 4.68 Å². The van der Waals surface area contributed by atoms with Crippen LogP contribution in [0.15, 0.2) is 27.6 Å². The van der Waals surface area contributed by atoms with Crippen LogP contribution in [0.4, 0.5) is 4.39 Å². The molecule has 1 aliphatic carbocycles. The van der Waals surface area contributed by atoms with Gasteiger partial charge in [-0.25, -0.2) is 9.07 Å². The van der Waals surface area contributed by atoms with Crippen molar-refractivity contribution in [1.29, 1.82) is 0 Å². The molecule has 7 heteroatoms. The molecule has 110 valence electrons. The molecule has 0 radical (unpaired) electrons. The second kappa shape index (κ2) is 4.91. The third kappa shape index (κ3) is 2.46. The summed E-state index contributed by atoms with van der Waals surface area (Å²) in [5.41, 5.74) is -1.12. The summed E-state index contributed by atoms with van der Waals surface area (Å²) in [6.07, 6.45) is 1.01. The number of fused-ring (bicyclic) bond motifs is 1. The molecule has 0 amide bonds. The number of carbonyl (C=O) groups is 1. The minimum absolute atomic E-state index is 0.265. The van der Waals surface area contributed by atoms with Crippen molar-refractivity contribution in [3.05, 3.63) is 38.7 Å². The quantitative estimate of drug-likeness (QED) is 0.793. The molecule has 3 rings (SSSR count). The summed E-state index contributed by atoms with van der Waals surface area (Å²) in [4.78, 5) is 23.6. The van der Waals surface area contributed by atoms with E-state index in [1.54, 1.807) is 18.2 Å². The number of nitrogens with zero attached hydrogens (tertiary/aromatic N) is 2. The average Bonchev–Trinajstić information content (AvgIpc) is 3.23. The molecule has 0 spiro atoms. The minimum Gasteiger partial charge on any atom is -0.468 e. The largest absolute Gasteiger partial charge is 0.468 e. The number of hydrogen-bond acceptors (Lipinski definition) is 4. The van der Waals surface area contributed by atoms with Gasteiger partial charge in [-0.2, -0.15) is 5.10 Å². The topological polar surface area (TPSA) is 61.2 Å². The predicted molar refractivity (Wildman–Crippen MR) is 77.7 cm³/mol. The second-order valence-electron chi connectivity index (χ2n) is 5.06. The number of ether oxygens (including phenoxy) is 1. The number of alkyl halides is 1. The molecule has 0 N–H and O–H groups in total. The normalized spacial score (nSPS) is 16.0. The van der Waals surface area contributed by atoms with Crippen molar-refractivity contribution in [2.24, 2.45) is 0 Å². The number of esters is 1. The van der Waals surface area contributed by atoms with Crippen LogP contribution in [0.3, 0.4) is 0 Å². The molecule has 5 nitrogen and oxygen atoms in total. The van der Waals surface area contributed by atoms with Gasteiger partial charge in [0, 0.05) is 5.39 Å². The lowest BCUT2D eigenvalue weighted by Gasteiger charge is -2.10. The van der Waals surface area contributed by atoms with E-state index in [1.807, 2.05) is 0 Å². The highest BCUT2D eigenvalue weighted by Crippen LogP contribution is 2.50. The Morgan fingerprint density at radius 3 is 2.81 bits per heavy atom. The van der Waals surface area contributed by atoms with Gasteiger partial charge in [0.25, 0.3) is 5.56 Å². The molecule has 21 heavy (non-hydrogen) atoms. The first-order valence-electron chi connectivity index (χ1n) is 6.41. The molecular formula is C14H12BrFN2O3. The lowest BCUT2D eigenvalue weighted by Crippen LogP contribution is -2.27. The molecule has 0 unspecified atom stereocenters. The second-order valence-corrected chi connectivity index (χ2v) is 5.81. The molecule has 1 fully saturated rings. The number of carbonyl (C=O) groups excluding carboxylic acids is 1. The fourth-order valence-corrected chi connectivity index (χ4v) is 2.74. The Bertz CT molecular complexity index is 799. The number of hydrogen-bond donors (Lipinski definition) is 0. The molecule has 1 heterocycles. The van der Waals surface area contributed by atoms with E-state index in [2.05, 4.69) is 25.8 Å². The highest BCUT2D eigenvalue weighted by molar-refractivity contribution is 9.10. The van der Waals surface area contributed by atoms with E-state index < -0.39 is 17.2 Å². The molecule has 0 bridgehead atoms. The zero-order valence-electron chi connectivity index (χ0n) is 11.2. The minimum atomic E-state index is -1.27. The Kier molecular flexibility index (Phi) is 3.32. The van der Waals surface area contributed by atoms with Gasteiger partial charge in [-0.1, -0.05) is 6.07 Å². The Morgan fingerprint density at radius 2 is 2.19 bits per heavy atom. The SMILES string of the molecule is COC(=O)Cn1nc(Br)c2cc(C3(F)CC3)ccc2c1=O. The van der Waals surface area contributed by atoms with E-state index in [9.17, 15) is 14.0 Å². The van der Waals surface area contributed by atoms with Crippen LogP contribution in [-0.2, 0) is 21.7 Å². The van der Waals surface area contributed by atoms with Crippen molar-refractivity contribution >= 4 is 32.7 Å². The average molecular weight is 355 g/mol. The highest BCUT2D eigenvalue weighted by atomic mass is 79.9. The zero-order valence-corrected chi connectivity index (χ0v) is 12.8. The number of methoxy groups -OCH3 is 1. The monoisotopic (exact) mass is 354 g/mol. The van der Waals surface area contributed by atoms with Gasteiger partial charge in [0.05, 0.1) is 12.5 Å². The molecule has 2 aromatic rings. The maximum absolute atomic E-state index is 14.1. The van der Waals surface area contributed by atoms with Gasteiger partial charge in [-0.3, -0.25) is 9.59 Å². The van der Waals surface area contributed by atoms with Crippen LogP contribution in [0.1, 0.15) is 18.4 Å². The summed E-state index contributed by atoms with van der Waals surface area (Å²) in [5.74, 6) is -0.562. The van der Waals surface area contributed by atoms with Crippen molar-refractivity contribution < 1.29 is 13.9 Å². The summed E-state index contributed by atoms with van der Waals surface area (Å²) in [7, 11) is 1.24. The van der Waals surface area contributed by atoms with Crippen molar-refractivity contribution in [3.8, 4) is 0 Å². The van der Waals surface area contributed by atoms with Crippen molar-refractivity contribution in [1.82, 2.24) is 9.78 Å². The Hall–Kier alpha value is -1.76. The van der Waals surface area contributed by atoms with E-state index in [-0.39, 0.29) is 6.54 Å². The Balaban J connectivity index is 2.14.